The third-order valence-corrected chi connectivity index (χ3v) is 5.14. The second kappa shape index (κ2) is 7.89. The number of hydrogen-bond donors (Lipinski definition) is 1. The lowest BCUT2D eigenvalue weighted by Gasteiger charge is -2.24. The molecular weight excluding hydrogens is 336 g/mol. The molecule has 0 aliphatic carbocycles. The molecule has 6 heteroatoms. The van der Waals surface area contributed by atoms with Crippen LogP contribution in [0.2, 0.25) is 0 Å². The number of carbonyl (C=O) groups is 1. The predicted molar refractivity (Wildman–Crippen MR) is 99.0 cm³/mol. The van der Waals surface area contributed by atoms with E-state index in [1.165, 1.54) is 10.4 Å². The van der Waals surface area contributed by atoms with Crippen molar-refractivity contribution in [2.45, 2.75) is 39.9 Å². The van der Waals surface area contributed by atoms with E-state index in [1.54, 1.807) is 11.3 Å². The van der Waals surface area contributed by atoms with Crippen molar-refractivity contribution in [2.75, 3.05) is 13.3 Å². The molecule has 0 fully saturated rings. The minimum Gasteiger partial charge on any atom is -0.454 e. The molecule has 3 rings (SSSR count). The first-order chi connectivity index (χ1) is 12.0. The highest BCUT2D eigenvalue weighted by Gasteiger charge is 2.19. The fraction of sp³-hybridized carbons (Fsp3) is 0.421. The van der Waals surface area contributed by atoms with E-state index >= 15 is 0 Å². The third kappa shape index (κ3) is 4.52. The summed E-state index contributed by atoms with van der Waals surface area (Å²) in [5, 5.41) is 5.28. The third-order valence-electron chi connectivity index (χ3n) is 4.13. The van der Waals surface area contributed by atoms with Gasteiger partial charge in [-0.05, 0) is 41.6 Å². The number of nitrogens with zero attached hydrogens (tertiary/aromatic N) is 1. The number of carbonyl (C=O) groups excluding carboxylic acids is 1. The van der Waals surface area contributed by atoms with Gasteiger partial charge in [0, 0.05) is 17.5 Å². The molecule has 0 saturated heterocycles. The summed E-state index contributed by atoms with van der Waals surface area (Å²) >= 11 is 1.69. The van der Waals surface area contributed by atoms with E-state index in [4.69, 9.17) is 9.47 Å². The van der Waals surface area contributed by atoms with Gasteiger partial charge in [0.05, 0.1) is 13.1 Å². The van der Waals surface area contributed by atoms with Crippen molar-refractivity contribution in [1.29, 1.82) is 0 Å². The molecule has 0 radical (unpaired) electrons. The minimum atomic E-state index is 0.0965. The van der Waals surface area contributed by atoms with Crippen molar-refractivity contribution >= 4 is 17.2 Å². The standard InChI is InChI=1S/C19H24N2O3S/c1-13(2)20-9-19(22)21(11-18-14(3)6-7-25-18)10-15-4-5-16-17(8-15)24-12-23-16/h4-8,13,20H,9-12H2,1-3H3. The summed E-state index contributed by atoms with van der Waals surface area (Å²) in [6, 6.07) is 8.23. The van der Waals surface area contributed by atoms with Gasteiger partial charge in [-0.2, -0.15) is 0 Å². The molecule has 25 heavy (non-hydrogen) atoms. The molecule has 2 aromatic rings. The van der Waals surface area contributed by atoms with Gasteiger partial charge in [0.25, 0.3) is 0 Å². The van der Waals surface area contributed by atoms with Crippen molar-refractivity contribution in [1.82, 2.24) is 10.2 Å². The lowest BCUT2D eigenvalue weighted by Crippen LogP contribution is -2.39. The van der Waals surface area contributed by atoms with Gasteiger partial charge in [-0.3, -0.25) is 4.79 Å². The predicted octanol–water partition coefficient (Wildman–Crippen LogP) is 3.31. The number of rotatable bonds is 7. The lowest BCUT2D eigenvalue weighted by atomic mass is 10.1. The van der Waals surface area contributed by atoms with Gasteiger partial charge in [0.2, 0.25) is 12.7 Å². The molecule has 0 spiro atoms. The van der Waals surface area contributed by atoms with E-state index in [1.807, 2.05) is 36.9 Å². The average Bonchev–Trinajstić information content (AvgIpc) is 3.20. The first kappa shape index (κ1) is 17.8. The maximum atomic E-state index is 12.7. The number of aryl methyl sites for hydroxylation is 1. The van der Waals surface area contributed by atoms with Gasteiger partial charge in [-0.15, -0.1) is 11.3 Å². The maximum Gasteiger partial charge on any atom is 0.237 e. The Hall–Kier alpha value is -2.05. The highest BCUT2D eigenvalue weighted by molar-refractivity contribution is 7.10. The summed E-state index contributed by atoms with van der Waals surface area (Å²) in [6.45, 7) is 7.93. The molecule has 1 aromatic heterocycles. The maximum absolute atomic E-state index is 12.7. The van der Waals surface area contributed by atoms with Crippen LogP contribution in [-0.2, 0) is 17.9 Å². The largest absolute Gasteiger partial charge is 0.454 e. The van der Waals surface area contributed by atoms with Crippen LogP contribution < -0.4 is 14.8 Å². The van der Waals surface area contributed by atoms with Crippen molar-refractivity contribution in [3.8, 4) is 11.5 Å². The van der Waals surface area contributed by atoms with Crippen LogP contribution in [0.4, 0.5) is 0 Å². The Balaban J connectivity index is 1.75. The number of ether oxygens (including phenoxy) is 2. The number of fused-ring (bicyclic) bond motifs is 1. The lowest BCUT2D eigenvalue weighted by molar-refractivity contribution is -0.131. The molecule has 2 heterocycles. The van der Waals surface area contributed by atoms with Crippen molar-refractivity contribution in [3.05, 3.63) is 45.6 Å². The number of benzene rings is 1. The Morgan fingerprint density at radius 1 is 1.24 bits per heavy atom. The van der Waals surface area contributed by atoms with E-state index < -0.39 is 0 Å². The smallest absolute Gasteiger partial charge is 0.237 e. The molecule has 0 unspecified atom stereocenters. The van der Waals surface area contributed by atoms with Gasteiger partial charge in [-0.1, -0.05) is 19.9 Å². The van der Waals surface area contributed by atoms with E-state index in [0.29, 0.717) is 19.6 Å². The van der Waals surface area contributed by atoms with Gasteiger partial charge in [-0.25, -0.2) is 0 Å². The molecule has 1 aliphatic heterocycles. The molecule has 1 aromatic carbocycles. The fourth-order valence-corrected chi connectivity index (χ4v) is 3.56. The molecule has 5 nitrogen and oxygen atoms in total. The fourth-order valence-electron chi connectivity index (χ4n) is 2.63. The van der Waals surface area contributed by atoms with Gasteiger partial charge in [0.1, 0.15) is 0 Å². The summed E-state index contributed by atoms with van der Waals surface area (Å²) in [4.78, 5) is 15.9. The van der Waals surface area contributed by atoms with Gasteiger partial charge < -0.3 is 19.7 Å². The Kier molecular flexibility index (Phi) is 5.60. The van der Waals surface area contributed by atoms with Crippen LogP contribution >= 0.6 is 11.3 Å². The summed E-state index contributed by atoms with van der Waals surface area (Å²) in [5.41, 5.74) is 2.27. The van der Waals surface area contributed by atoms with Crippen molar-refractivity contribution in [3.63, 3.8) is 0 Å². The molecule has 0 saturated carbocycles. The molecular formula is C19H24N2O3S. The van der Waals surface area contributed by atoms with E-state index in [2.05, 4.69) is 23.7 Å². The Labute approximate surface area is 152 Å². The molecule has 0 bridgehead atoms. The van der Waals surface area contributed by atoms with Crippen LogP contribution in [0.1, 0.15) is 29.9 Å². The number of nitrogens with one attached hydrogen (secondary N) is 1. The van der Waals surface area contributed by atoms with E-state index in [9.17, 15) is 4.79 Å². The SMILES string of the molecule is Cc1ccsc1CN(Cc1ccc2c(c1)OCO2)C(=O)CNC(C)C. The Bertz CT molecular complexity index is 742. The number of thiophene rings is 1. The van der Waals surface area contributed by atoms with Crippen LogP contribution in [0.15, 0.2) is 29.6 Å². The first-order valence-corrected chi connectivity index (χ1v) is 9.33. The number of hydrogen-bond acceptors (Lipinski definition) is 5. The van der Waals surface area contributed by atoms with Crippen molar-refractivity contribution < 1.29 is 14.3 Å². The summed E-state index contributed by atoms with van der Waals surface area (Å²) in [7, 11) is 0. The second-order valence-corrected chi connectivity index (χ2v) is 7.50. The van der Waals surface area contributed by atoms with Crippen LogP contribution in [0.3, 0.4) is 0 Å². The highest BCUT2D eigenvalue weighted by atomic mass is 32.1. The topological polar surface area (TPSA) is 50.8 Å². The van der Waals surface area contributed by atoms with Gasteiger partial charge >= 0.3 is 0 Å². The van der Waals surface area contributed by atoms with Crippen LogP contribution in [-0.4, -0.2) is 30.2 Å². The Morgan fingerprint density at radius 2 is 2.04 bits per heavy atom. The summed E-state index contributed by atoms with van der Waals surface area (Å²) < 4.78 is 10.8. The molecule has 1 N–H and O–H groups in total. The zero-order valence-corrected chi connectivity index (χ0v) is 15.7. The van der Waals surface area contributed by atoms with Gasteiger partial charge in [0.15, 0.2) is 11.5 Å². The molecule has 134 valence electrons. The Morgan fingerprint density at radius 3 is 2.76 bits per heavy atom. The summed E-state index contributed by atoms with van der Waals surface area (Å²) in [6.07, 6.45) is 0. The molecule has 1 amide bonds. The second-order valence-electron chi connectivity index (χ2n) is 6.50. The van der Waals surface area contributed by atoms with Crippen molar-refractivity contribution in [2.24, 2.45) is 0 Å². The average molecular weight is 360 g/mol. The van der Waals surface area contributed by atoms with Crippen LogP contribution in [0, 0.1) is 6.92 Å². The van der Waals surface area contributed by atoms with Crippen LogP contribution in [0.5, 0.6) is 11.5 Å². The zero-order chi connectivity index (χ0) is 17.8. The monoisotopic (exact) mass is 360 g/mol. The number of amides is 1. The minimum absolute atomic E-state index is 0.0965. The summed E-state index contributed by atoms with van der Waals surface area (Å²) in [5.74, 6) is 1.61. The quantitative estimate of drug-likeness (QED) is 0.823. The first-order valence-electron chi connectivity index (χ1n) is 8.45. The highest BCUT2D eigenvalue weighted by Crippen LogP contribution is 2.33. The molecule has 0 atom stereocenters. The van der Waals surface area contributed by atoms with E-state index in [-0.39, 0.29) is 18.7 Å². The van der Waals surface area contributed by atoms with Crippen LogP contribution in [0.25, 0.3) is 0 Å². The zero-order valence-electron chi connectivity index (χ0n) is 14.9. The normalized spacial score (nSPS) is 12.6. The molecule has 1 aliphatic rings. The van der Waals surface area contributed by atoms with E-state index in [0.717, 1.165) is 17.1 Å².